The molecule has 0 spiro atoms. The molecule has 0 atom stereocenters. The van der Waals surface area contributed by atoms with E-state index in [1.807, 2.05) is 31.2 Å². The first-order valence-electron chi connectivity index (χ1n) is 5.57. The number of benzene rings is 1. The normalized spacial score (nSPS) is 10.1. The van der Waals surface area contributed by atoms with Crippen molar-refractivity contribution in [3.63, 3.8) is 0 Å². The van der Waals surface area contributed by atoms with Crippen molar-refractivity contribution >= 4 is 23.3 Å². The summed E-state index contributed by atoms with van der Waals surface area (Å²) in [7, 11) is 0. The van der Waals surface area contributed by atoms with Gasteiger partial charge in [-0.1, -0.05) is 0 Å². The lowest BCUT2D eigenvalue weighted by atomic mass is 10.3. The van der Waals surface area contributed by atoms with E-state index in [1.165, 1.54) is 0 Å². The van der Waals surface area contributed by atoms with E-state index in [9.17, 15) is 0 Å². The van der Waals surface area contributed by atoms with Gasteiger partial charge in [-0.2, -0.15) is 9.97 Å². The second kappa shape index (κ2) is 5.22. The Morgan fingerprint density at radius 1 is 1.17 bits per heavy atom. The summed E-state index contributed by atoms with van der Waals surface area (Å²) in [6.45, 7) is 2.59. The molecule has 1 aromatic carbocycles. The van der Waals surface area contributed by atoms with Crippen LogP contribution in [0.2, 0.25) is 0 Å². The van der Waals surface area contributed by atoms with E-state index in [4.69, 9.17) is 16.2 Å². The summed E-state index contributed by atoms with van der Waals surface area (Å²) in [4.78, 5) is 7.83. The first-order valence-corrected chi connectivity index (χ1v) is 5.57. The van der Waals surface area contributed by atoms with E-state index in [0.717, 1.165) is 11.4 Å². The molecule has 0 fully saturated rings. The van der Waals surface area contributed by atoms with Gasteiger partial charge in [0.05, 0.1) is 6.61 Å². The lowest BCUT2D eigenvalue weighted by Gasteiger charge is -2.08. The van der Waals surface area contributed by atoms with Crippen LogP contribution >= 0.6 is 0 Å². The predicted octanol–water partition coefficient (Wildman–Crippen LogP) is 1.78. The highest BCUT2D eigenvalue weighted by molar-refractivity contribution is 5.60. The molecule has 0 saturated carbocycles. The van der Waals surface area contributed by atoms with E-state index in [2.05, 4.69) is 15.3 Å². The molecule has 0 radical (unpaired) electrons. The minimum Gasteiger partial charge on any atom is -0.494 e. The summed E-state index contributed by atoms with van der Waals surface area (Å²) in [5, 5.41) is 3.09. The molecule has 0 aliphatic carbocycles. The van der Waals surface area contributed by atoms with Crippen LogP contribution in [0.3, 0.4) is 0 Å². The molecule has 0 saturated heterocycles. The Hall–Kier alpha value is -2.50. The van der Waals surface area contributed by atoms with Crippen molar-refractivity contribution in [3.8, 4) is 5.75 Å². The van der Waals surface area contributed by atoms with Crippen LogP contribution in [0.15, 0.2) is 30.3 Å². The Morgan fingerprint density at radius 3 is 2.50 bits per heavy atom. The first-order chi connectivity index (χ1) is 8.67. The van der Waals surface area contributed by atoms with E-state index in [1.54, 1.807) is 6.07 Å². The number of anilines is 4. The lowest BCUT2D eigenvalue weighted by molar-refractivity contribution is 0.340. The smallest absolute Gasteiger partial charge is 0.223 e. The van der Waals surface area contributed by atoms with Crippen LogP contribution in [0, 0.1) is 0 Å². The third-order valence-electron chi connectivity index (χ3n) is 2.20. The van der Waals surface area contributed by atoms with Gasteiger partial charge in [-0.25, -0.2) is 0 Å². The molecule has 94 valence electrons. The predicted molar refractivity (Wildman–Crippen MR) is 71.8 cm³/mol. The average Bonchev–Trinajstić information content (AvgIpc) is 2.31. The van der Waals surface area contributed by atoms with Crippen LogP contribution in [0.5, 0.6) is 5.75 Å². The van der Waals surface area contributed by atoms with Crippen LogP contribution in [0.4, 0.5) is 23.3 Å². The van der Waals surface area contributed by atoms with Gasteiger partial charge in [0.15, 0.2) is 0 Å². The van der Waals surface area contributed by atoms with Crippen molar-refractivity contribution in [2.75, 3.05) is 23.4 Å². The molecular formula is C12H15N5O. The Bertz CT molecular complexity index is 506. The largest absolute Gasteiger partial charge is 0.494 e. The second-order valence-corrected chi connectivity index (χ2v) is 3.62. The second-order valence-electron chi connectivity index (χ2n) is 3.62. The topological polar surface area (TPSA) is 99.1 Å². The van der Waals surface area contributed by atoms with Crippen molar-refractivity contribution in [1.29, 1.82) is 0 Å². The van der Waals surface area contributed by atoms with Gasteiger partial charge in [0.1, 0.15) is 17.4 Å². The zero-order valence-corrected chi connectivity index (χ0v) is 10.1. The van der Waals surface area contributed by atoms with Gasteiger partial charge in [0.25, 0.3) is 0 Å². The van der Waals surface area contributed by atoms with Gasteiger partial charge in [0.2, 0.25) is 5.95 Å². The molecule has 2 rings (SSSR count). The highest BCUT2D eigenvalue weighted by Gasteiger charge is 2.00. The van der Waals surface area contributed by atoms with Crippen LogP contribution < -0.4 is 21.5 Å². The summed E-state index contributed by atoms with van der Waals surface area (Å²) in [6, 6.07) is 9.14. The molecule has 18 heavy (non-hydrogen) atoms. The van der Waals surface area contributed by atoms with Gasteiger partial charge in [-0.05, 0) is 31.2 Å². The van der Waals surface area contributed by atoms with E-state index < -0.39 is 0 Å². The van der Waals surface area contributed by atoms with Gasteiger partial charge in [-0.15, -0.1) is 0 Å². The molecule has 1 heterocycles. The number of aromatic nitrogens is 2. The maximum Gasteiger partial charge on any atom is 0.223 e. The van der Waals surface area contributed by atoms with Crippen LogP contribution in [0.25, 0.3) is 0 Å². The van der Waals surface area contributed by atoms with Gasteiger partial charge in [0, 0.05) is 11.8 Å². The summed E-state index contributed by atoms with van der Waals surface area (Å²) in [5.41, 5.74) is 12.0. The van der Waals surface area contributed by atoms with Crippen molar-refractivity contribution in [2.24, 2.45) is 0 Å². The Balaban J connectivity index is 2.13. The monoisotopic (exact) mass is 245 g/mol. The molecule has 5 N–H and O–H groups in total. The maximum atomic E-state index is 5.59. The molecule has 0 aliphatic rings. The molecule has 1 aromatic heterocycles. The average molecular weight is 245 g/mol. The quantitative estimate of drug-likeness (QED) is 0.759. The SMILES string of the molecule is CCOc1ccc(Nc2cc(N)nc(N)n2)cc1. The fourth-order valence-electron chi connectivity index (χ4n) is 1.50. The third-order valence-corrected chi connectivity index (χ3v) is 2.20. The molecular weight excluding hydrogens is 230 g/mol. The first kappa shape index (κ1) is 12.0. The van der Waals surface area contributed by atoms with E-state index in [0.29, 0.717) is 18.2 Å². The zero-order valence-electron chi connectivity index (χ0n) is 10.1. The lowest BCUT2D eigenvalue weighted by Crippen LogP contribution is -2.02. The summed E-state index contributed by atoms with van der Waals surface area (Å²) in [5.74, 6) is 1.85. The van der Waals surface area contributed by atoms with Crippen molar-refractivity contribution in [1.82, 2.24) is 9.97 Å². The Kier molecular flexibility index (Phi) is 3.47. The zero-order chi connectivity index (χ0) is 13.0. The summed E-state index contributed by atoms with van der Waals surface area (Å²) < 4.78 is 5.36. The number of nitrogens with two attached hydrogens (primary N) is 2. The van der Waals surface area contributed by atoms with Gasteiger partial charge in [-0.3, -0.25) is 0 Å². The van der Waals surface area contributed by atoms with Gasteiger partial charge >= 0.3 is 0 Å². The standard InChI is InChI=1S/C12H15N5O/c1-2-18-9-5-3-8(4-6-9)15-11-7-10(13)16-12(14)17-11/h3-7H,2H2,1H3,(H5,13,14,15,16,17). The molecule has 0 unspecified atom stereocenters. The number of nitrogen functional groups attached to an aromatic ring is 2. The molecule has 0 amide bonds. The van der Waals surface area contributed by atoms with E-state index in [-0.39, 0.29) is 5.95 Å². The molecule has 0 aliphatic heterocycles. The van der Waals surface area contributed by atoms with Crippen molar-refractivity contribution in [3.05, 3.63) is 30.3 Å². The van der Waals surface area contributed by atoms with Crippen LogP contribution in [-0.2, 0) is 0 Å². The Labute approximate surface area is 105 Å². The highest BCUT2D eigenvalue weighted by atomic mass is 16.5. The van der Waals surface area contributed by atoms with Gasteiger partial charge < -0.3 is 21.5 Å². The van der Waals surface area contributed by atoms with Crippen molar-refractivity contribution in [2.45, 2.75) is 6.92 Å². The highest BCUT2D eigenvalue weighted by Crippen LogP contribution is 2.20. The fourth-order valence-corrected chi connectivity index (χ4v) is 1.50. The van der Waals surface area contributed by atoms with Crippen LogP contribution in [0.1, 0.15) is 6.92 Å². The fraction of sp³-hybridized carbons (Fsp3) is 0.167. The summed E-state index contributed by atoms with van der Waals surface area (Å²) >= 11 is 0. The molecule has 2 aromatic rings. The van der Waals surface area contributed by atoms with Crippen LogP contribution in [-0.4, -0.2) is 16.6 Å². The Morgan fingerprint density at radius 2 is 1.89 bits per heavy atom. The maximum absolute atomic E-state index is 5.59. The number of rotatable bonds is 4. The minimum atomic E-state index is 0.142. The number of nitrogens with zero attached hydrogens (tertiary/aromatic N) is 2. The van der Waals surface area contributed by atoms with Crippen molar-refractivity contribution < 1.29 is 4.74 Å². The minimum absolute atomic E-state index is 0.142. The number of hydrogen-bond acceptors (Lipinski definition) is 6. The summed E-state index contributed by atoms with van der Waals surface area (Å²) in [6.07, 6.45) is 0. The number of hydrogen-bond donors (Lipinski definition) is 3. The van der Waals surface area contributed by atoms with E-state index >= 15 is 0 Å². The number of ether oxygens (including phenoxy) is 1. The third kappa shape index (κ3) is 3.00. The molecule has 0 bridgehead atoms. The molecule has 6 nitrogen and oxygen atoms in total. The molecule has 6 heteroatoms. The number of nitrogens with one attached hydrogen (secondary N) is 1.